The van der Waals surface area contributed by atoms with Crippen LogP contribution in [0.1, 0.15) is 33.6 Å². The summed E-state index contributed by atoms with van der Waals surface area (Å²) in [5, 5.41) is 9.24. The number of carbonyl (C=O) groups is 2. The number of amides is 2. The minimum Gasteiger partial charge on any atom is -0.451 e. The van der Waals surface area contributed by atoms with Gasteiger partial charge in [0.25, 0.3) is 5.91 Å². The molecule has 2 amide bonds. The van der Waals surface area contributed by atoms with Gasteiger partial charge in [-0.3, -0.25) is 14.8 Å². The van der Waals surface area contributed by atoms with Gasteiger partial charge in [0.1, 0.15) is 5.75 Å². The largest absolute Gasteiger partial charge is 0.451 e. The van der Waals surface area contributed by atoms with Crippen molar-refractivity contribution in [3.8, 4) is 11.5 Å². The Bertz CT molecular complexity index is 959. The van der Waals surface area contributed by atoms with E-state index in [1.165, 1.54) is 25.0 Å². The van der Waals surface area contributed by atoms with Gasteiger partial charge in [-0.05, 0) is 74.8 Å². The average Bonchev–Trinajstić information content (AvgIpc) is 3.46. The Labute approximate surface area is 233 Å². The van der Waals surface area contributed by atoms with E-state index >= 15 is 0 Å². The second kappa shape index (κ2) is 18.8. The number of hydroxylamine groups is 1. The molecule has 1 aliphatic heterocycles. The smallest absolute Gasteiger partial charge is 0.258 e. The highest BCUT2D eigenvalue weighted by atomic mass is 35.5. The molecule has 2 aromatic rings. The van der Waals surface area contributed by atoms with E-state index in [0.717, 1.165) is 50.1 Å². The number of hydrogen-bond donors (Lipinski definition) is 2. The van der Waals surface area contributed by atoms with E-state index < -0.39 is 23.3 Å². The van der Waals surface area contributed by atoms with Crippen molar-refractivity contribution >= 4 is 35.9 Å². The molecule has 0 unspecified atom stereocenters. The van der Waals surface area contributed by atoms with Crippen molar-refractivity contribution in [3.05, 3.63) is 53.1 Å². The first kappa shape index (κ1) is 33.6. The van der Waals surface area contributed by atoms with Crippen molar-refractivity contribution < 1.29 is 28.3 Å². The highest BCUT2D eigenvalue weighted by Gasteiger charge is 2.18. The summed E-state index contributed by atoms with van der Waals surface area (Å²) in [6.45, 7) is 9.67. The van der Waals surface area contributed by atoms with Crippen molar-refractivity contribution in [1.82, 2.24) is 19.6 Å². The molecule has 0 aliphatic carbocycles. The molecule has 1 heterocycles. The van der Waals surface area contributed by atoms with Crippen LogP contribution in [-0.4, -0.2) is 77.9 Å². The molecule has 212 valence electrons. The number of likely N-dealkylation sites (N-methyl/N-ethyl adjacent to an activating group) is 1. The molecular formula is C26H37ClF2N4O4S. The highest BCUT2D eigenvalue weighted by molar-refractivity contribution is 7.97. The number of benzene rings is 2. The molecule has 0 radical (unpaired) electrons. The summed E-state index contributed by atoms with van der Waals surface area (Å²) in [7, 11) is 1.91. The van der Waals surface area contributed by atoms with E-state index in [-0.39, 0.29) is 17.2 Å². The number of ether oxygens (including phenoxy) is 1. The molecule has 1 fully saturated rings. The van der Waals surface area contributed by atoms with Gasteiger partial charge in [0.05, 0.1) is 6.54 Å². The fourth-order valence-corrected chi connectivity index (χ4v) is 4.19. The normalized spacial score (nSPS) is 12.4. The molecule has 38 heavy (non-hydrogen) atoms. The van der Waals surface area contributed by atoms with Crippen LogP contribution < -0.4 is 10.2 Å². The molecule has 1 saturated heterocycles. The molecule has 0 aromatic heterocycles. The van der Waals surface area contributed by atoms with Crippen LogP contribution in [0.3, 0.4) is 0 Å². The molecule has 12 heteroatoms. The molecule has 8 nitrogen and oxygen atoms in total. The van der Waals surface area contributed by atoms with Crippen molar-refractivity contribution in [3.63, 3.8) is 0 Å². The predicted molar refractivity (Wildman–Crippen MR) is 147 cm³/mol. The van der Waals surface area contributed by atoms with E-state index in [9.17, 15) is 18.4 Å². The Morgan fingerprint density at radius 2 is 1.74 bits per heavy atom. The van der Waals surface area contributed by atoms with Gasteiger partial charge in [0, 0.05) is 36.1 Å². The monoisotopic (exact) mass is 574 g/mol. The van der Waals surface area contributed by atoms with Gasteiger partial charge in [-0.15, -0.1) is 0 Å². The number of hydrogen-bond acceptors (Lipinski definition) is 7. The second-order valence-electron chi connectivity index (χ2n) is 8.01. The standard InChI is InChI=1S/C19H22ClF2N3O3S.C5H9NO.C2H6/c1-3-24(2)8-9-25(12-18(26)23-27)29-15-10-16(21)19(17(22)11-15)28-14-6-4-13(20)5-7-14;7-5-6-3-1-2-4-6;1-2/h4-7,10-11,27H,3,8-9,12H2,1-2H3,(H,23,26);5H,1-4H2;1-2H3. The van der Waals surface area contributed by atoms with Gasteiger partial charge in [0.15, 0.2) is 17.4 Å². The van der Waals surface area contributed by atoms with E-state index in [2.05, 4.69) is 0 Å². The zero-order valence-corrected chi connectivity index (χ0v) is 23.8. The first-order valence-corrected chi connectivity index (χ1v) is 13.6. The summed E-state index contributed by atoms with van der Waals surface area (Å²) in [6, 6.07) is 8.37. The van der Waals surface area contributed by atoms with Gasteiger partial charge < -0.3 is 14.5 Å². The predicted octanol–water partition coefficient (Wildman–Crippen LogP) is 5.44. The summed E-state index contributed by atoms with van der Waals surface area (Å²) in [5.74, 6) is -2.65. The van der Waals surface area contributed by atoms with Crippen molar-refractivity contribution in [2.75, 3.05) is 46.3 Å². The van der Waals surface area contributed by atoms with Gasteiger partial charge in [-0.2, -0.15) is 0 Å². The molecule has 3 rings (SSSR count). The molecule has 0 bridgehead atoms. The average molecular weight is 575 g/mol. The minimum absolute atomic E-state index is 0.148. The maximum atomic E-state index is 14.5. The Morgan fingerprint density at radius 3 is 2.21 bits per heavy atom. The van der Waals surface area contributed by atoms with E-state index in [1.807, 2.05) is 32.7 Å². The van der Waals surface area contributed by atoms with Gasteiger partial charge in [-0.1, -0.05) is 32.4 Å². The van der Waals surface area contributed by atoms with E-state index in [4.69, 9.17) is 21.5 Å². The lowest BCUT2D eigenvalue weighted by Gasteiger charge is -2.23. The second-order valence-corrected chi connectivity index (χ2v) is 9.61. The SMILES string of the molecule is CC.CCN(C)CCN(CC(=O)NO)Sc1cc(F)c(Oc2ccc(Cl)cc2)c(F)c1.O=CN1CCCC1. The summed E-state index contributed by atoms with van der Waals surface area (Å²) < 4.78 is 35.8. The Morgan fingerprint density at radius 1 is 1.16 bits per heavy atom. The summed E-state index contributed by atoms with van der Waals surface area (Å²) in [5.41, 5.74) is 1.56. The third kappa shape index (κ3) is 12.4. The van der Waals surface area contributed by atoms with Crippen LogP contribution in [0.15, 0.2) is 41.3 Å². The van der Waals surface area contributed by atoms with Gasteiger partial charge >= 0.3 is 0 Å². The number of halogens is 3. The zero-order chi connectivity index (χ0) is 28.5. The number of nitrogens with one attached hydrogen (secondary N) is 1. The lowest BCUT2D eigenvalue weighted by atomic mass is 10.3. The molecule has 0 atom stereocenters. The molecule has 1 aliphatic rings. The molecular weight excluding hydrogens is 538 g/mol. The zero-order valence-electron chi connectivity index (χ0n) is 22.3. The summed E-state index contributed by atoms with van der Waals surface area (Å²) in [4.78, 5) is 25.6. The summed E-state index contributed by atoms with van der Waals surface area (Å²) in [6.07, 6.45) is 3.31. The molecule has 0 saturated carbocycles. The fourth-order valence-electron chi connectivity index (χ4n) is 3.10. The minimum atomic E-state index is -0.875. The van der Waals surface area contributed by atoms with Crippen LogP contribution in [0.25, 0.3) is 0 Å². The van der Waals surface area contributed by atoms with E-state index in [1.54, 1.807) is 26.8 Å². The van der Waals surface area contributed by atoms with Crippen molar-refractivity contribution in [1.29, 1.82) is 0 Å². The van der Waals surface area contributed by atoms with E-state index in [0.29, 0.717) is 18.1 Å². The van der Waals surface area contributed by atoms with Crippen LogP contribution in [0.2, 0.25) is 5.02 Å². The lowest BCUT2D eigenvalue weighted by Crippen LogP contribution is -2.36. The third-order valence-electron chi connectivity index (χ3n) is 5.25. The lowest BCUT2D eigenvalue weighted by molar-refractivity contribution is -0.129. The fraction of sp³-hybridized carbons (Fsp3) is 0.462. The van der Waals surface area contributed by atoms with Crippen LogP contribution in [-0.2, 0) is 9.59 Å². The number of carbonyl (C=O) groups excluding carboxylic acids is 2. The topological polar surface area (TPSA) is 85.4 Å². The van der Waals surface area contributed by atoms with Gasteiger partial charge in [0.2, 0.25) is 6.41 Å². The van der Waals surface area contributed by atoms with Crippen LogP contribution >= 0.6 is 23.5 Å². The maximum Gasteiger partial charge on any atom is 0.258 e. The number of nitrogens with zero attached hydrogens (tertiary/aromatic N) is 3. The quantitative estimate of drug-likeness (QED) is 0.160. The van der Waals surface area contributed by atoms with Gasteiger partial charge in [-0.25, -0.2) is 18.6 Å². The van der Waals surface area contributed by atoms with Crippen molar-refractivity contribution in [2.24, 2.45) is 0 Å². The molecule has 2 aromatic carbocycles. The Hall–Kier alpha value is -2.44. The maximum absolute atomic E-state index is 14.5. The van der Waals surface area contributed by atoms with Crippen LogP contribution in [0, 0.1) is 11.6 Å². The molecule has 0 spiro atoms. The first-order valence-electron chi connectivity index (χ1n) is 12.4. The first-order chi connectivity index (χ1) is 18.2. The Balaban J connectivity index is 0.000000682. The van der Waals surface area contributed by atoms with Crippen molar-refractivity contribution in [2.45, 2.75) is 38.5 Å². The summed E-state index contributed by atoms with van der Waals surface area (Å²) >= 11 is 6.80. The number of rotatable bonds is 11. The highest BCUT2D eigenvalue weighted by Crippen LogP contribution is 2.33. The Kier molecular flexibility index (Phi) is 16.6. The molecule has 2 N–H and O–H groups in total. The van der Waals surface area contributed by atoms with Crippen LogP contribution in [0.4, 0.5) is 8.78 Å². The third-order valence-corrected chi connectivity index (χ3v) is 6.51. The number of likely N-dealkylation sites (tertiary alicyclic amines) is 1. The van der Waals surface area contributed by atoms with Crippen LogP contribution in [0.5, 0.6) is 11.5 Å².